The fourth-order valence-electron chi connectivity index (χ4n) is 2.63. The predicted octanol–water partition coefficient (Wildman–Crippen LogP) is 1.71. The Morgan fingerprint density at radius 3 is 2.47 bits per heavy atom. The SMILES string of the molecule is CC(O)C1CCN(C(=O)CC2(CS)CC2)CC1. The van der Waals surface area contributed by atoms with Crippen molar-refractivity contribution < 1.29 is 9.90 Å². The van der Waals surface area contributed by atoms with E-state index in [0.717, 1.165) is 44.5 Å². The number of piperidine rings is 1. The third kappa shape index (κ3) is 3.16. The van der Waals surface area contributed by atoms with Crippen LogP contribution in [0.1, 0.15) is 39.0 Å². The number of hydrogen-bond acceptors (Lipinski definition) is 3. The zero-order valence-corrected chi connectivity index (χ0v) is 11.5. The van der Waals surface area contributed by atoms with Crippen LogP contribution in [0, 0.1) is 11.3 Å². The van der Waals surface area contributed by atoms with Crippen LogP contribution in [0.5, 0.6) is 0 Å². The van der Waals surface area contributed by atoms with E-state index < -0.39 is 0 Å². The first-order valence-corrected chi connectivity index (χ1v) is 7.26. The van der Waals surface area contributed by atoms with Gasteiger partial charge in [0.15, 0.2) is 0 Å². The Morgan fingerprint density at radius 2 is 2.06 bits per heavy atom. The molecule has 4 heteroatoms. The van der Waals surface area contributed by atoms with Crippen molar-refractivity contribution in [2.45, 2.75) is 45.1 Å². The number of carbonyl (C=O) groups excluding carboxylic acids is 1. The molecule has 3 nitrogen and oxygen atoms in total. The standard InChI is InChI=1S/C13H23NO2S/c1-10(15)11-2-6-14(7-3-11)12(16)8-13(9-17)4-5-13/h10-11,15,17H,2-9H2,1H3. The van der Waals surface area contributed by atoms with Gasteiger partial charge in [0.2, 0.25) is 5.91 Å². The highest BCUT2D eigenvalue weighted by Crippen LogP contribution is 2.49. The summed E-state index contributed by atoms with van der Waals surface area (Å²) in [5, 5.41) is 9.52. The van der Waals surface area contributed by atoms with Gasteiger partial charge in [0.05, 0.1) is 6.10 Å². The second-order valence-corrected chi connectivity index (χ2v) is 6.11. The predicted molar refractivity (Wildman–Crippen MR) is 71.1 cm³/mol. The third-order valence-corrected chi connectivity index (χ3v) is 5.06. The lowest BCUT2D eigenvalue weighted by Gasteiger charge is -2.34. The highest BCUT2D eigenvalue weighted by atomic mass is 32.1. The van der Waals surface area contributed by atoms with Gasteiger partial charge in [-0.25, -0.2) is 0 Å². The Morgan fingerprint density at radius 1 is 1.47 bits per heavy atom. The lowest BCUT2D eigenvalue weighted by atomic mass is 9.91. The zero-order chi connectivity index (χ0) is 12.5. The van der Waals surface area contributed by atoms with E-state index >= 15 is 0 Å². The smallest absolute Gasteiger partial charge is 0.223 e. The number of thiol groups is 1. The summed E-state index contributed by atoms with van der Waals surface area (Å²) >= 11 is 4.34. The van der Waals surface area contributed by atoms with E-state index in [1.165, 1.54) is 0 Å². The Bertz CT molecular complexity index is 281. The Hall–Kier alpha value is -0.220. The molecule has 0 aromatic heterocycles. The van der Waals surface area contributed by atoms with E-state index in [4.69, 9.17) is 0 Å². The molecular weight excluding hydrogens is 234 g/mol. The van der Waals surface area contributed by atoms with Gasteiger partial charge in [0.25, 0.3) is 0 Å². The molecule has 0 spiro atoms. The van der Waals surface area contributed by atoms with Crippen molar-refractivity contribution in [3.05, 3.63) is 0 Å². The molecule has 98 valence electrons. The van der Waals surface area contributed by atoms with Gasteiger partial charge < -0.3 is 10.0 Å². The second kappa shape index (κ2) is 5.19. The first-order valence-electron chi connectivity index (χ1n) is 6.63. The van der Waals surface area contributed by atoms with E-state index in [-0.39, 0.29) is 11.5 Å². The van der Waals surface area contributed by atoms with E-state index in [9.17, 15) is 9.90 Å². The number of carbonyl (C=O) groups is 1. The summed E-state index contributed by atoms with van der Waals surface area (Å²) in [7, 11) is 0. The van der Waals surface area contributed by atoms with Gasteiger partial charge in [-0.05, 0) is 49.7 Å². The van der Waals surface area contributed by atoms with Crippen molar-refractivity contribution in [3.63, 3.8) is 0 Å². The fourth-order valence-corrected chi connectivity index (χ4v) is 3.06. The Balaban J connectivity index is 1.78. The lowest BCUT2D eigenvalue weighted by Crippen LogP contribution is -2.41. The van der Waals surface area contributed by atoms with Crippen LogP contribution < -0.4 is 0 Å². The molecule has 0 bridgehead atoms. The van der Waals surface area contributed by atoms with Gasteiger partial charge in [-0.1, -0.05) is 0 Å². The second-order valence-electron chi connectivity index (χ2n) is 5.79. The molecule has 0 aromatic rings. The molecule has 1 amide bonds. The minimum atomic E-state index is -0.237. The molecule has 0 aromatic carbocycles. The van der Waals surface area contributed by atoms with Crippen LogP contribution in [0.4, 0.5) is 0 Å². The average Bonchev–Trinajstić information content (AvgIpc) is 3.09. The molecule has 17 heavy (non-hydrogen) atoms. The third-order valence-electron chi connectivity index (χ3n) is 4.39. The van der Waals surface area contributed by atoms with Crippen LogP contribution in [0.25, 0.3) is 0 Å². The van der Waals surface area contributed by atoms with Gasteiger partial charge >= 0.3 is 0 Å². The molecule has 2 fully saturated rings. The van der Waals surface area contributed by atoms with Crippen molar-refractivity contribution in [1.82, 2.24) is 4.90 Å². The summed E-state index contributed by atoms with van der Waals surface area (Å²) in [6.07, 6.45) is 4.64. The normalized spacial score (nSPS) is 25.7. The number of hydrogen-bond donors (Lipinski definition) is 2. The van der Waals surface area contributed by atoms with Gasteiger partial charge in [-0.3, -0.25) is 4.79 Å². The number of aliphatic hydroxyl groups excluding tert-OH is 1. The average molecular weight is 257 g/mol. The summed E-state index contributed by atoms with van der Waals surface area (Å²) in [6.45, 7) is 3.48. The number of likely N-dealkylation sites (tertiary alicyclic amines) is 1. The molecule has 0 radical (unpaired) electrons. The van der Waals surface area contributed by atoms with E-state index in [1.807, 2.05) is 11.8 Å². The molecular formula is C13H23NO2S. The van der Waals surface area contributed by atoms with Crippen molar-refractivity contribution in [3.8, 4) is 0 Å². The van der Waals surface area contributed by atoms with Gasteiger partial charge in [-0.2, -0.15) is 12.6 Å². The van der Waals surface area contributed by atoms with Crippen LogP contribution in [0.3, 0.4) is 0 Å². The number of aliphatic hydroxyl groups is 1. The molecule has 1 saturated carbocycles. The number of rotatable bonds is 4. The molecule has 1 unspecified atom stereocenters. The molecule has 1 atom stereocenters. The van der Waals surface area contributed by atoms with Crippen LogP contribution in [-0.2, 0) is 4.79 Å². The summed E-state index contributed by atoms with van der Waals surface area (Å²) in [6, 6.07) is 0. The molecule has 1 aliphatic heterocycles. The van der Waals surface area contributed by atoms with Crippen molar-refractivity contribution in [2.24, 2.45) is 11.3 Å². The topological polar surface area (TPSA) is 40.5 Å². The van der Waals surface area contributed by atoms with E-state index in [0.29, 0.717) is 18.2 Å². The van der Waals surface area contributed by atoms with Crippen LogP contribution in [0.2, 0.25) is 0 Å². The van der Waals surface area contributed by atoms with Gasteiger partial charge in [0, 0.05) is 19.5 Å². The quantitative estimate of drug-likeness (QED) is 0.753. The number of amides is 1. The maximum atomic E-state index is 12.1. The summed E-state index contributed by atoms with van der Waals surface area (Å²) in [4.78, 5) is 14.1. The molecule has 2 rings (SSSR count). The first-order chi connectivity index (χ1) is 8.06. The largest absolute Gasteiger partial charge is 0.393 e. The maximum absolute atomic E-state index is 12.1. The molecule has 1 aliphatic carbocycles. The molecule has 1 saturated heterocycles. The minimum absolute atomic E-state index is 0.224. The van der Waals surface area contributed by atoms with Crippen molar-refractivity contribution >= 4 is 18.5 Å². The van der Waals surface area contributed by atoms with Crippen LogP contribution >= 0.6 is 12.6 Å². The zero-order valence-electron chi connectivity index (χ0n) is 10.6. The van der Waals surface area contributed by atoms with Crippen LogP contribution in [-0.4, -0.2) is 40.9 Å². The summed E-state index contributed by atoms with van der Waals surface area (Å²) in [5.41, 5.74) is 0.224. The summed E-state index contributed by atoms with van der Waals surface area (Å²) < 4.78 is 0. The van der Waals surface area contributed by atoms with Gasteiger partial charge in [-0.15, -0.1) is 0 Å². The summed E-state index contributed by atoms with van der Waals surface area (Å²) in [5.74, 6) is 1.50. The molecule has 1 heterocycles. The first kappa shape index (κ1) is 13.2. The highest BCUT2D eigenvalue weighted by molar-refractivity contribution is 7.80. The molecule has 1 N–H and O–H groups in total. The van der Waals surface area contributed by atoms with E-state index in [2.05, 4.69) is 12.6 Å². The number of nitrogens with zero attached hydrogens (tertiary/aromatic N) is 1. The lowest BCUT2D eigenvalue weighted by molar-refractivity contribution is -0.134. The maximum Gasteiger partial charge on any atom is 0.223 e. The Kier molecular flexibility index (Phi) is 4.03. The fraction of sp³-hybridized carbons (Fsp3) is 0.923. The van der Waals surface area contributed by atoms with Gasteiger partial charge in [0.1, 0.15) is 0 Å². The van der Waals surface area contributed by atoms with Crippen molar-refractivity contribution in [1.29, 1.82) is 0 Å². The minimum Gasteiger partial charge on any atom is -0.393 e. The van der Waals surface area contributed by atoms with Crippen LogP contribution in [0.15, 0.2) is 0 Å². The van der Waals surface area contributed by atoms with Crippen molar-refractivity contribution in [2.75, 3.05) is 18.8 Å². The monoisotopic (exact) mass is 257 g/mol. The highest BCUT2D eigenvalue weighted by Gasteiger charge is 2.44. The van der Waals surface area contributed by atoms with E-state index in [1.54, 1.807) is 0 Å². The Labute approximate surface area is 109 Å². The molecule has 2 aliphatic rings.